The van der Waals surface area contributed by atoms with Gasteiger partial charge in [-0.05, 0) is 39.8 Å². The number of carbonyl (C=O) groups excluding carboxylic acids is 4. The molecule has 0 aliphatic heterocycles. The molecule has 3 heterocycles. The summed E-state index contributed by atoms with van der Waals surface area (Å²) in [5, 5.41) is 1.28. The molecule has 0 aliphatic rings. The van der Waals surface area contributed by atoms with Crippen molar-refractivity contribution in [2.45, 2.75) is 27.7 Å². The van der Waals surface area contributed by atoms with Crippen molar-refractivity contribution in [2.24, 2.45) is 9.98 Å². The van der Waals surface area contributed by atoms with E-state index in [1.807, 2.05) is 0 Å². The molecule has 0 saturated carbocycles. The average Bonchev–Trinajstić information content (AvgIpc) is 3.61. The standard InChI is InChI=1S/C26H28N4O8S3/c1-5-35-23(31)17-13(39-21(27)19(17)25(33)37-7-3)11-29-15-9-10-16(41-15)30-12-14-18(24(32)36-6-2)20(22(28)40-14)26(34)38-8-4/h9-12H,5-8,27-28H2,1-4H3/b29-11+,30-12+. The first-order chi connectivity index (χ1) is 19.7. The van der Waals surface area contributed by atoms with E-state index in [0.29, 0.717) is 19.8 Å². The highest BCUT2D eigenvalue weighted by atomic mass is 32.1. The zero-order valence-corrected chi connectivity index (χ0v) is 25.1. The lowest BCUT2D eigenvalue weighted by Crippen LogP contribution is -2.14. The molecule has 0 fully saturated rings. The fraction of sp³-hybridized carbons (Fsp3) is 0.308. The highest BCUT2D eigenvalue weighted by Gasteiger charge is 2.30. The highest BCUT2D eigenvalue weighted by Crippen LogP contribution is 2.36. The number of nitrogen functional groups attached to an aromatic ring is 2. The van der Waals surface area contributed by atoms with Crippen molar-refractivity contribution in [2.75, 3.05) is 37.9 Å². The Hall–Kier alpha value is -4.08. The maximum Gasteiger partial charge on any atom is 0.342 e. The van der Waals surface area contributed by atoms with E-state index in [0.717, 1.165) is 22.7 Å². The lowest BCUT2D eigenvalue weighted by atomic mass is 10.1. The molecule has 0 spiro atoms. The zero-order chi connectivity index (χ0) is 30.1. The summed E-state index contributed by atoms with van der Waals surface area (Å²) in [7, 11) is 0. The molecule has 4 N–H and O–H groups in total. The van der Waals surface area contributed by atoms with E-state index in [4.69, 9.17) is 30.4 Å². The molecule has 0 aliphatic carbocycles. The number of aliphatic imine (C=N–C) groups is 2. The van der Waals surface area contributed by atoms with Gasteiger partial charge in [-0.25, -0.2) is 29.2 Å². The third-order valence-corrected chi connectivity index (χ3v) is 7.85. The van der Waals surface area contributed by atoms with Crippen LogP contribution in [0.25, 0.3) is 0 Å². The number of esters is 4. The van der Waals surface area contributed by atoms with Crippen molar-refractivity contribution < 1.29 is 38.1 Å². The first-order valence-electron chi connectivity index (χ1n) is 12.4. The fourth-order valence-corrected chi connectivity index (χ4v) is 5.97. The largest absolute Gasteiger partial charge is 0.462 e. The number of ether oxygens (including phenoxy) is 4. The number of nitrogens with two attached hydrogens (primary N) is 2. The van der Waals surface area contributed by atoms with E-state index in [1.165, 1.54) is 23.8 Å². The van der Waals surface area contributed by atoms with Crippen LogP contribution in [-0.4, -0.2) is 62.7 Å². The van der Waals surface area contributed by atoms with Gasteiger partial charge in [-0.15, -0.1) is 22.7 Å². The third-order valence-electron chi connectivity index (χ3n) is 5.04. The molecule has 41 heavy (non-hydrogen) atoms. The highest BCUT2D eigenvalue weighted by molar-refractivity contribution is 7.20. The Kier molecular flexibility index (Phi) is 11.1. The molecule has 0 aromatic carbocycles. The molecule has 3 aromatic heterocycles. The van der Waals surface area contributed by atoms with Gasteiger partial charge in [0.2, 0.25) is 0 Å². The van der Waals surface area contributed by atoms with Crippen molar-refractivity contribution in [3.8, 4) is 0 Å². The SMILES string of the molecule is CCOC(=O)c1c(N)sc(/C=N/c2ccc(/N=C/c3sc(N)c(C(=O)OCC)c3C(=O)OCC)s2)c1C(=O)OCC. The Morgan fingerprint density at radius 2 is 0.927 bits per heavy atom. The van der Waals surface area contributed by atoms with E-state index in [9.17, 15) is 19.2 Å². The van der Waals surface area contributed by atoms with Gasteiger partial charge in [-0.1, -0.05) is 11.3 Å². The fourth-order valence-electron chi connectivity index (χ4n) is 3.44. The summed E-state index contributed by atoms with van der Waals surface area (Å²) in [6.07, 6.45) is 2.83. The second-order valence-corrected chi connectivity index (χ2v) is 10.9. The summed E-state index contributed by atoms with van der Waals surface area (Å²) in [6, 6.07) is 3.39. The van der Waals surface area contributed by atoms with Gasteiger partial charge >= 0.3 is 23.9 Å². The minimum Gasteiger partial charge on any atom is -0.462 e. The summed E-state index contributed by atoms with van der Waals surface area (Å²) in [4.78, 5) is 59.7. The van der Waals surface area contributed by atoms with Gasteiger partial charge in [0.25, 0.3) is 0 Å². The predicted octanol–water partition coefficient (Wildman–Crippen LogP) is 5.24. The predicted molar refractivity (Wildman–Crippen MR) is 160 cm³/mol. The molecule has 0 amide bonds. The average molecular weight is 621 g/mol. The van der Waals surface area contributed by atoms with Crippen molar-refractivity contribution in [1.29, 1.82) is 0 Å². The molecule has 12 nitrogen and oxygen atoms in total. The molecule has 15 heteroatoms. The normalized spacial score (nSPS) is 11.2. The van der Waals surface area contributed by atoms with Crippen LogP contribution >= 0.6 is 34.0 Å². The monoisotopic (exact) mass is 620 g/mol. The summed E-state index contributed by atoms with van der Waals surface area (Å²) >= 11 is 3.23. The van der Waals surface area contributed by atoms with Crippen molar-refractivity contribution >= 4 is 90.3 Å². The topological polar surface area (TPSA) is 182 Å². The number of thiophene rings is 3. The van der Waals surface area contributed by atoms with Gasteiger partial charge in [0.15, 0.2) is 0 Å². The van der Waals surface area contributed by atoms with Crippen LogP contribution in [0.2, 0.25) is 0 Å². The molecular formula is C26H28N4O8S3. The number of hydrogen-bond acceptors (Lipinski definition) is 15. The summed E-state index contributed by atoms with van der Waals surface area (Å²) in [5.41, 5.74) is 12.0. The Balaban J connectivity index is 1.91. The number of hydrogen-bond donors (Lipinski definition) is 2. The van der Waals surface area contributed by atoms with Gasteiger partial charge in [0, 0.05) is 12.4 Å². The molecule has 3 aromatic rings. The Morgan fingerprint density at radius 1 is 0.610 bits per heavy atom. The minimum atomic E-state index is -0.723. The van der Waals surface area contributed by atoms with Crippen LogP contribution in [0.1, 0.15) is 78.9 Å². The first kappa shape index (κ1) is 31.4. The van der Waals surface area contributed by atoms with Crippen LogP contribution in [0.5, 0.6) is 0 Å². The second-order valence-electron chi connectivity index (χ2n) is 7.67. The molecule has 0 saturated heterocycles. The molecule has 3 rings (SSSR count). The molecule has 0 atom stereocenters. The third kappa shape index (κ3) is 7.36. The van der Waals surface area contributed by atoms with E-state index in [-0.39, 0.29) is 58.7 Å². The van der Waals surface area contributed by atoms with Gasteiger partial charge in [-0.2, -0.15) is 0 Å². The van der Waals surface area contributed by atoms with Crippen molar-refractivity contribution in [3.05, 3.63) is 44.1 Å². The van der Waals surface area contributed by atoms with Crippen LogP contribution < -0.4 is 11.5 Å². The number of carbonyl (C=O) groups is 4. The molecular weight excluding hydrogens is 593 g/mol. The van der Waals surface area contributed by atoms with Crippen LogP contribution in [-0.2, 0) is 18.9 Å². The lowest BCUT2D eigenvalue weighted by molar-refractivity contribution is 0.0481. The Bertz CT molecular complexity index is 1390. The maximum atomic E-state index is 12.6. The number of rotatable bonds is 12. The smallest absolute Gasteiger partial charge is 0.342 e. The van der Waals surface area contributed by atoms with Crippen LogP contribution in [0, 0.1) is 0 Å². The lowest BCUT2D eigenvalue weighted by Gasteiger charge is -2.05. The van der Waals surface area contributed by atoms with E-state index in [2.05, 4.69) is 9.98 Å². The van der Waals surface area contributed by atoms with E-state index >= 15 is 0 Å². The Morgan fingerprint density at radius 3 is 1.24 bits per heavy atom. The molecule has 0 bridgehead atoms. The molecule has 0 radical (unpaired) electrons. The number of anilines is 2. The summed E-state index contributed by atoms with van der Waals surface area (Å²) < 4.78 is 20.3. The molecule has 0 unspecified atom stereocenters. The van der Waals surface area contributed by atoms with Crippen molar-refractivity contribution in [3.63, 3.8) is 0 Å². The van der Waals surface area contributed by atoms with Gasteiger partial charge in [0.1, 0.15) is 31.1 Å². The maximum absolute atomic E-state index is 12.6. The van der Waals surface area contributed by atoms with Gasteiger partial charge in [0.05, 0.1) is 47.3 Å². The van der Waals surface area contributed by atoms with Crippen LogP contribution in [0.15, 0.2) is 22.1 Å². The first-order valence-corrected chi connectivity index (χ1v) is 14.8. The van der Waals surface area contributed by atoms with Crippen LogP contribution in [0.4, 0.5) is 20.0 Å². The van der Waals surface area contributed by atoms with E-state index < -0.39 is 23.9 Å². The van der Waals surface area contributed by atoms with E-state index in [1.54, 1.807) is 39.8 Å². The van der Waals surface area contributed by atoms with Gasteiger partial charge in [-0.3, -0.25) is 0 Å². The Labute approximate surface area is 247 Å². The van der Waals surface area contributed by atoms with Crippen LogP contribution in [0.3, 0.4) is 0 Å². The quantitative estimate of drug-likeness (QED) is 0.154. The summed E-state index contributed by atoms with van der Waals surface area (Å²) in [5.74, 6) is -2.87. The minimum absolute atomic E-state index is 0.00877. The number of nitrogens with zero attached hydrogens (tertiary/aromatic N) is 2. The molecule has 218 valence electrons. The zero-order valence-electron chi connectivity index (χ0n) is 22.7. The van der Waals surface area contributed by atoms with Crippen molar-refractivity contribution in [1.82, 2.24) is 0 Å². The van der Waals surface area contributed by atoms with Gasteiger partial charge < -0.3 is 30.4 Å². The second kappa shape index (κ2) is 14.5. The summed E-state index contributed by atoms with van der Waals surface area (Å²) in [6.45, 7) is 7.03.